The van der Waals surface area contributed by atoms with E-state index < -0.39 is 0 Å². The Balaban J connectivity index is 1.47. The van der Waals surface area contributed by atoms with Crippen LogP contribution in [0.5, 0.6) is 5.75 Å². The summed E-state index contributed by atoms with van der Waals surface area (Å²) in [5.74, 6) is 0.344. The van der Waals surface area contributed by atoms with Crippen molar-refractivity contribution in [2.75, 3.05) is 13.1 Å². The monoisotopic (exact) mass is 316 g/mol. The second-order valence-corrected chi connectivity index (χ2v) is 6.95. The van der Waals surface area contributed by atoms with Crippen LogP contribution < -0.4 is 5.32 Å². The van der Waals surface area contributed by atoms with Crippen LogP contribution in [0.4, 0.5) is 0 Å². The molecule has 0 amide bonds. The molecular weight excluding hydrogens is 292 g/mol. The number of aromatic hydroxyl groups is 1. The number of piperidine rings is 1. The smallest absolute Gasteiger partial charge is 0.115 e. The Labute approximate surface area is 136 Å². The van der Waals surface area contributed by atoms with Gasteiger partial charge in [-0.15, -0.1) is 0 Å². The molecule has 1 saturated heterocycles. The van der Waals surface area contributed by atoms with E-state index in [0.717, 1.165) is 25.2 Å². The van der Waals surface area contributed by atoms with E-state index in [2.05, 4.69) is 40.0 Å². The van der Waals surface area contributed by atoms with Crippen molar-refractivity contribution in [1.29, 1.82) is 0 Å². The second-order valence-electron chi connectivity index (χ2n) is 6.17. The Kier molecular flexibility index (Phi) is 5.13. The van der Waals surface area contributed by atoms with Gasteiger partial charge in [0.25, 0.3) is 0 Å². The van der Waals surface area contributed by atoms with Crippen LogP contribution in [0, 0.1) is 0 Å². The lowest BCUT2D eigenvalue weighted by atomic mass is 10.0. The number of hydrogen-bond donors (Lipinski definition) is 2. The van der Waals surface area contributed by atoms with Gasteiger partial charge in [-0.25, -0.2) is 0 Å². The van der Waals surface area contributed by atoms with E-state index in [1.54, 1.807) is 17.4 Å². The zero-order chi connectivity index (χ0) is 15.4. The summed E-state index contributed by atoms with van der Waals surface area (Å²) in [6.45, 7) is 5.56. The topological polar surface area (TPSA) is 35.5 Å². The third-order valence-electron chi connectivity index (χ3n) is 4.43. The van der Waals surface area contributed by atoms with Gasteiger partial charge in [-0.2, -0.15) is 11.3 Å². The van der Waals surface area contributed by atoms with Crippen LogP contribution in [-0.4, -0.2) is 29.1 Å². The number of phenols is 1. The maximum atomic E-state index is 9.59. The summed E-state index contributed by atoms with van der Waals surface area (Å²) in [4.78, 5) is 2.54. The molecular formula is C18H24N2OS. The third-order valence-corrected chi connectivity index (χ3v) is 5.16. The van der Waals surface area contributed by atoms with Crippen LogP contribution in [0.2, 0.25) is 0 Å². The maximum Gasteiger partial charge on any atom is 0.115 e. The van der Waals surface area contributed by atoms with E-state index in [-0.39, 0.29) is 6.04 Å². The Morgan fingerprint density at radius 1 is 1.32 bits per heavy atom. The zero-order valence-electron chi connectivity index (χ0n) is 13.0. The molecule has 0 spiro atoms. The van der Waals surface area contributed by atoms with Crippen LogP contribution in [0.3, 0.4) is 0 Å². The highest BCUT2D eigenvalue weighted by Crippen LogP contribution is 2.21. The lowest BCUT2D eigenvalue weighted by Gasteiger charge is -2.34. The van der Waals surface area contributed by atoms with Gasteiger partial charge in [0.15, 0.2) is 0 Å². The molecule has 1 aliphatic rings. The fraction of sp³-hybridized carbons (Fsp3) is 0.444. The van der Waals surface area contributed by atoms with Gasteiger partial charge in [0.2, 0.25) is 0 Å². The summed E-state index contributed by atoms with van der Waals surface area (Å²) in [7, 11) is 0. The van der Waals surface area contributed by atoms with Crippen molar-refractivity contribution in [3.8, 4) is 5.75 Å². The molecule has 3 nitrogen and oxygen atoms in total. The fourth-order valence-electron chi connectivity index (χ4n) is 3.14. The SMILES string of the molecule is C[C@H](NC1CCN(Cc2ccsc2)CC1)c1cccc(O)c1. The molecule has 3 rings (SSSR count). The first kappa shape index (κ1) is 15.5. The summed E-state index contributed by atoms with van der Waals surface area (Å²) in [5.41, 5.74) is 2.59. The van der Waals surface area contributed by atoms with Crippen molar-refractivity contribution >= 4 is 11.3 Å². The highest BCUT2D eigenvalue weighted by Gasteiger charge is 2.21. The van der Waals surface area contributed by atoms with Gasteiger partial charge in [0.05, 0.1) is 0 Å². The van der Waals surface area contributed by atoms with Crippen molar-refractivity contribution in [1.82, 2.24) is 10.2 Å². The molecule has 2 N–H and O–H groups in total. The number of nitrogens with zero attached hydrogens (tertiary/aromatic N) is 1. The average molecular weight is 316 g/mol. The molecule has 1 aromatic heterocycles. The van der Waals surface area contributed by atoms with Gasteiger partial charge < -0.3 is 10.4 Å². The standard InChI is InChI=1S/C18H24N2OS/c1-14(16-3-2-4-18(21)11-16)19-17-5-8-20(9-6-17)12-15-7-10-22-13-15/h2-4,7,10-11,13-14,17,19,21H,5-6,8-9,12H2,1H3/t14-/m0/s1. The predicted octanol–water partition coefficient (Wildman–Crippen LogP) is 3.77. The molecule has 1 fully saturated rings. The molecule has 4 heteroatoms. The molecule has 0 bridgehead atoms. The fourth-order valence-corrected chi connectivity index (χ4v) is 3.80. The van der Waals surface area contributed by atoms with Crippen LogP contribution in [0.1, 0.15) is 36.9 Å². The van der Waals surface area contributed by atoms with Gasteiger partial charge >= 0.3 is 0 Å². The minimum absolute atomic E-state index is 0.278. The van der Waals surface area contributed by atoms with Crippen molar-refractivity contribution in [3.63, 3.8) is 0 Å². The first-order valence-corrected chi connectivity index (χ1v) is 8.93. The van der Waals surface area contributed by atoms with Crippen molar-refractivity contribution in [2.24, 2.45) is 0 Å². The Morgan fingerprint density at radius 2 is 2.14 bits per heavy atom. The summed E-state index contributed by atoms with van der Waals surface area (Å²) in [6, 6.07) is 10.6. The van der Waals surface area contributed by atoms with Gasteiger partial charge in [-0.3, -0.25) is 4.90 Å². The van der Waals surface area contributed by atoms with Gasteiger partial charge in [-0.1, -0.05) is 12.1 Å². The van der Waals surface area contributed by atoms with E-state index >= 15 is 0 Å². The van der Waals surface area contributed by atoms with E-state index in [0.29, 0.717) is 11.8 Å². The number of likely N-dealkylation sites (tertiary alicyclic amines) is 1. The van der Waals surface area contributed by atoms with E-state index in [4.69, 9.17) is 0 Å². The highest BCUT2D eigenvalue weighted by molar-refractivity contribution is 7.07. The molecule has 2 aromatic rings. The van der Waals surface area contributed by atoms with E-state index in [9.17, 15) is 5.11 Å². The van der Waals surface area contributed by atoms with Crippen LogP contribution in [0.25, 0.3) is 0 Å². The summed E-state index contributed by atoms with van der Waals surface area (Å²) < 4.78 is 0. The molecule has 1 aromatic carbocycles. The van der Waals surface area contributed by atoms with E-state index in [1.807, 2.05) is 12.1 Å². The molecule has 22 heavy (non-hydrogen) atoms. The van der Waals surface area contributed by atoms with Crippen LogP contribution in [0.15, 0.2) is 41.1 Å². The van der Waals surface area contributed by atoms with E-state index in [1.165, 1.54) is 18.4 Å². The third kappa shape index (κ3) is 4.09. The number of phenolic OH excluding ortho intramolecular Hbond substituents is 1. The Morgan fingerprint density at radius 3 is 2.82 bits per heavy atom. The van der Waals surface area contributed by atoms with Crippen molar-refractivity contribution in [2.45, 2.75) is 38.4 Å². The quantitative estimate of drug-likeness (QED) is 0.881. The molecule has 0 radical (unpaired) electrons. The number of benzene rings is 1. The largest absolute Gasteiger partial charge is 0.508 e. The Bertz CT molecular complexity index is 577. The summed E-state index contributed by atoms with van der Waals surface area (Å²) >= 11 is 1.78. The van der Waals surface area contributed by atoms with Crippen LogP contribution >= 0.6 is 11.3 Å². The zero-order valence-corrected chi connectivity index (χ0v) is 13.9. The first-order valence-electron chi connectivity index (χ1n) is 7.99. The van der Waals surface area contributed by atoms with Gasteiger partial charge in [0, 0.05) is 18.6 Å². The summed E-state index contributed by atoms with van der Waals surface area (Å²) in [6.07, 6.45) is 2.38. The highest BCUT2D eigenvalue weighted by atomic mass is 32.1. The molecule has 0 aliphatic carbocycles. The number of rotatable bonds is 5. The summed E-state index contributed by atoms with van der Waals surface area (Å²) in [5, 5.41) is 17.7. The Hall–Kier alpha value is -1.36. The molecule has 2 heterocycles. The van der Waals surface area contributed by atoms with Gasteiger partial charge in [-0.05, 0) is 72.9 Å². The van der Waals surface area contributed by atoms with Crippen LogP contribution in [-0.2, 0) is 6.54 Å². The number of thiophene rings is 1. The number of nitrogens with one attached hydrogen (secondary N) is 1. The number of hydrogen-bond acceptors (Lipinski definition) is 4. The van der Waals surface area contributed by atoms with Gasteiger partial charge in [0.1, 0.15) is 5.75 Å². The molecule has 0 saturated carbocycles. The minimum Gasteiger partial charge on any atom is -0.508 e. The molecule has 0 unspecified atom stereocenters. The molecule has 1 atom stereocenters. The average Bonchev–Trinajstić information content (AvgIpc) is 3.02. The maximum absolute atomic E-state index is 9.59. The lowest BCUT2D eigenvalue weighted by molar-refractivity contribution is 0.185. The molecule has 118 valence electrons. The molecule has 1 aliphatic heterocycles. The second kappa shape index (κ2) is 7.27. The van der Waals surface area contributed by atoms with Crippen molar-refractivity contribution in [3.05, 3.63) is 52.2 Å². The minimum atomic E-state index is 0.278. The lowest BCUT2D eigenvalue weighted by Crippen LogP contribution is -2.42. The normalized spacial score (nSPS) is 18.4. The predicted molar refractivity (Wildman–Crippen MR) is 92.3 cm³/mol. The van der Waals surface area contributed by atoms with Crippen molar-refractivity contribution < 1.29 is 5.11 Å². The first-order chi connectivity index (χ1) is 10.7.